The molecule has 0 aliphatic carbocycles. The van der Waals surface area contributed by atoms with Gasteiger partial charge in [0, 0.05) is 22.0 Å². The Bertz CT molecular complexity index is 587. The normalized spacial score (nSPS) is 9.71. The summed E-state index contributed by atoms with van der Waals surface area (Å²) in [4.78, 5) is 3.92. The number of anilines is 2. The molecule has 0 amide bonds. The van der Waals surface area contributed by atoms with Crippen molar-refractivity contribution in [2.45, 2.75) is 6.92 Å². The maximum Gasteiger partial charge on any atom is 0.142 e. The molecule has 0 saturated heterocycles. The topological polar surface area (TPSA) is 48.7 Å². The lowest BCUT2D eigenvalue weighted by atomic mass is 10.2. The lowest BCUT2D eigenvalue weighted by molar-refractivity contribution is 1.26. The molecule has 0 radical (unpaired) electrons. The van der Waals surface area contributed by atoms with E-state index >= 15 is 0 Å². The van der Waals surface area contributed by atoms with Gasteiger partial charge >= 0.3 is 0 Å². The largest absolute Gasteiger partial charge is 0.355 e. The van der Waals surface area contributed by atoms with Crippen LogP contribution in [0.5, 0.6) is 0 Å². The van der Waals surface area contributed by atoms with E-state index in [2.05, 4.69) is 26.2 Å². The van der Waals surface area contributed by atoms with Gasteiger partial charge in [-0.3, -0.25) is 0 Å². The van der Waals surface area contributed by atoms with Gasteiger partial charge in [0.1, 0.15) is 11.8 Å². The number of nitrogens with one attached hydrogen (secondary N) is 1. The van der Waals surface area contributed by atoms with Crippen LogP contribution in [0.2, 0.25) is 0 Å². The zero-order chi connectivity index (χ0) is 12.3. The summed E-state index contributed by atoms with van der Waals surface area (Å²) < 4.78 is 1.08. The molecule has 0 spiro atoms. The van der Waals surface area contributed by atoms with Crippen molar-refractivity contribution in [3.8, 4) is 6.07 Å². The Labute approximate surface area is 108 Å². The molecule has 0 unspecified atom stereocenters. The molecule has 1 aromatic heterocycles. The van der Waals surface area contributed by atoms with Crippen molar-refractivity contribution in [2.24, 2.45) is 0 Å². The first kappa shape index (κ1) is 11.6. The summed E-state index contributed by atoms with van der Waals surface area (Å²) >= 11 is 3.46. The van der Waals surface area contributed by atoms with Crippen LogP contribution in [-0.2, 0) is 0 Å². The van der Waals surface area contributed by atoms with Crippen LogP contribution in [0, 0.1) is 18.3 Å². The monoisotopic (exact) mass is 287 g/mol. The zero-order valence-electron chi connectivity index (χ0n) is 9.24. The van der Waals surface area contributed by atoms with Gasteiger partial charge in [0.05, 0.1) is 0 Å². The summed E-state index contributed by atoms with van der Waals surface area (Å²) in [5.74, 6) is 0. The van der Waals surface area contributed by atoms with E-state index in [0.29, 0.717) is 5.69 Å². The molecule has 4 heteroatoms. The van der Waals surface area contributed by atoms with Crippen LogP contribution in [0.15, 0.2) is 41.0 Å². The van der Waals surface area contributed by atoms with Crippen molar-refractivity contribution in [2.75, 3.05) is 5.32 Å². The van der Waals surface area contributed by atoms with Crippen molar-refractivity contribution in [3.63, 3.8) is 0 Å². The van der Waals surface area contributed by atoms with E-state index in [0.717, 1.165) is 21.4 Å². The first-order chi connectivity index (χ1) is 8.19. The van der Waals surface area contributed by atoms with Crippen LogP contribution in [0.4, 0.5) is 11.4 Å². The van der Waals surface area contributed by atoms with E-state index in [1.165, 1.54) is 0 Å². The average molecular weight is 288 g/mol. The van der Waals surface area contributed by atoms with Gasteiger partial charge in [-0.25, -0.2) is 4.98 Å². The third-order valence-corrected chi connectivity index (χ3v) is 3.21. The van der Waals surface area contributed by atoms with Crippen molar-refractivity contribution >= 4 is 27.3 Å². The first-order valence-electron chi connectivity index (χ1n) is 5.08. The fourth-order valence-electron chi connectivity index (χ4n) is 1.46. The Kier molecular flexibility index (Phi) is 3.40. The number of aromatic nitrogens is 1. The van der Waals surface area contributed by atoms with Crippen LogP contribution in [0.25, 0.3) is 0 Å². The van der Waals surface area contributed by atoms with Crippen LogP contribution >= 0.6 is 15.9 Å². The first-order valence-corrected chi connectivity index (χ1v) is 5.87. The SMILES string of the molecule is Cc1cc(Nc2ccnc(C#N)c2)ccc1Br. The van der Waals surface area contributed by atoms with Gasteiger partial charge in [0.2, 0.25) is 0 Å². The highest BCUT2D eigenvalue weighted by molar-refractivity contribution is 9.10. The van der Waals surface area contributed by atoms with E-state index < -0.39 is 0 Å². The van der Waals surface area contributed by atoms with E-state index in [9.17, 15) is 0 Å². The molecular weight excluding hydrogens is 278 g/mol. The van der Waals surface area contributed by atoms with Gasteiger partial charge in [0.15, 0.2) is 0 Å². The minimum atomic E-state index is 0.406. The number of halogens is 1. The average Bonchev–Trinajstić information content (AvgIpc) is 2.34. The van der Waals surface area contributed by atoms with Crippen LogP contribution in [0.3, 0.4) is 0 Å². The molecule has 1 aromatic carbocycles. The molecule has 0 fully saturated rings. The quantitative estimate of drug-likeness (QED) is 0.915. The molecule has 0 bridgehead atoms. The maximum atomic E-state index is 8.76. The lowest BCUT2D eigenvalue weighted by Crippen LogP contribution is -1.92. The molecule has 1 heterocycles. The standard InChI is InChI=1S/C13H10BrN3/c1-9-6-10(2-3-13(9)14)17-11-4-5-16-12(7-11)8-15/h2-7H,1H3,(H,16,17). The molecule has 0 saturated carbocycles. The van der Waals surface area contributed by atoms with Crippen LogP contribution < -0.4 is 5.32 Å². The number of hydrogen-bond donors (Lipinski definition) is 1. The highest BCUT2D eigenvalue weighted by atomic mass is 79.9. The predicted molar refractivity (Wildman–Crippen MR) is 71.1 cm³/mol. The van der Waals surface area contributed by atoms with Gasteiger partial charge in [0.25, 0.3) is 0 Å². The van der Waals surface area contributed by atoms with Crippen molar-refractivity contribution in [1.82, 2.24) is 4.98 Å². The van der Waals surface area contributed by atoms with Gasteiger partial charge in [-0.1, -0.05) is 15.9 Å². The molecule has 84 valence electrons. The molecule has 1 N–H and O–H groups in total. The second kappa shape index (κ2) is 4.98. The second-order valence-electron chi connectivity index (χ2n) is 3.63. The van der Waals surface area contributed by atoms with Crippen LogP contribution in [-0.4, -0.2) is 4.98 Å². The van der Waals surface area contributed by atoms with Gasteiger partial charge in [-0.15, -0.1) is 0 Å². The van der Waals surface area contributed by atoms with E-state index in [1.54, 1.807) is 12.3 Å². The molecular formula is C13H10BrN3. The molecule has 2 rings (SSSR count). The van der Waals surface area contributed by atoms with Crippen molar-refractivity contribution in [3.05, 3.63) is 52.3 Å². The number of pyridine rings is 1. The summed E-state index contributed by atoms with van der Waals surface area (Å²) in [6.45, 7) is 2.03. The minimum absolute atomic E-state index is 0.406. The van der Waals surface area contributed by atoms with Crippen LogP contribution in [0.1, 0.15) is 11.3 Å². The summed E-state index contributed by atoms with van der Waals surface area (Å²) in [5.41, 5.74) is 3.41. The fourth-order valence-corrected chi connectivity index (χ4v) is 1.71. The van der Waals surface area contributed by atoms with E-state index in [4.69, 9.17) is 5.26 Å². The molecule has 17 heavy (non-hydrogen) atoms. The van der Waals surface area contributed by atoms with E-state index in [1.807, 2.05) is 37.3 Å². The van der Waals surface area contributed by atoms with Crippen molar-refractivity contribution in [1.29, 1.82) is 5.26 Å². The smallest absolute Gasteiger partial charge is 0.142 e. The number of nitriles is 1. The summed E-state index contributed by atoms with van der Waals surface area (Å²) in [7, 11) is 0. The number of benzene rings is 1. The second-order valence-corrected chi connectivity index (χ2v) is 4.48. The van der Waals surface area contributed by atoms with Crippen molar-refractivity contribution < 1.29 is 0 Å². The molecule has 0 atom stereocenters. The summed E-state index contributed by atoms with van der Waals surface area (Å²) in [5, 5.41) is 12.0. The minimum Gasteiger partial charge on any atom is -0.355 e. The van der Waals surface area contributed by atoms with E-state index in [-0.39, 0.29) is 0 Å². The molecule has 3 nitrogen and oxygen atoms in total. The third-order valence-electron chi connectivity index (χ3n) is 2.32. The molecule has 2 aromatic rings. The number of hydrogen-bond acceptors (Lipinski definition) is 3. The maximum absolute atomic E-state index is 8.76. The zero-order valence-corrected chi connectivity index (χ0v) is 10.8. The Morgan fingerprint density at radius 1 is 1.24 bits per heavy atom. The number of nitrogens with zero attached hydrogens (tertiary/aromatic N) is 2. The fraction of sp³-hybridized carbons (Fsp3) is 0.0769. The van der Waals surface area contributed by atoms with Gasteiger partial charge < -0.3 is 5.32 Å². The highest BCUT2D eigenvalue weighted by Gasteiger charge is 1.99. The lowest BCUT2D eigenvalue weighted by Gasteiger charge is -2.08. The Morgan fingerprint density at radius 2 is 2.00 bits per heavy atom. The van der Waals surface area contributed by atoms with Gasteiger partial charge in [-0.2, -0.15) is 5.26 Å². The highest BCUT2D eigenvalue weighted by Crippen LogP contribution is 2.22. The van der Waals surface area contributed by atoms with Gasteiger partial charge in [-0.05, 0) is 42.8 Å². The molecule has 0 aliphatic rings. The summed E-state index contributed by atoms with van der Waals surface area (Å²) in [6, 6.07) is 11.6. The Balaban J connectivity index is 2.25. The summed E-state index contributed by atoms with van der Waals surface area (Å²) in [6.07, 6.45) is 1.62. The third kappa shape index (κ3) is 2.83. The molecule has 0 aliphatic heterocycles. The number of rotatable bonds is 2. The Morgan fingerprint density at radius 3 is 2.71 bits per heavy atom. The number of aryl methyl sites for hydroxylation is 1. The Hall–Kier alpha value is -1.86. The predicted octanol–water partition coefficient (Wildman–Crippen LogP) is 3.77.